The fourth-order valence-corrected chi connectivity index (χ4v) is 4.36. The molecule has 2 aliphatic rings. The number of urea groups is 1. The first-order valence-corrected chi connectivity index (χ1v) is 9.83. The van der Waals surface area contributed by atoms with Gasteiger partial charge < -0.3 is 10.2 Å². The van der Waals surface area contributed by atoms with Crippen LogP contribution in [0.25, 0.3) is 0 Å². The summed E-state index contributed by atoms with van der Waals surface area (Å²) in [5.74, 6) is 1.23. The molecule has 138 valence electrons. The number of likely N-dealkylation sites (tertiary alicyclic amines) is 2. The van der Waals surface area contributed by atoms with Gasteiger partial charge in [-0.3, -0.25) is 4.90 Å². The normalized spacial score (nSPS) is 25.8. The van der Waals surface area contributed by atoms with Crippen LogP contribution in [0.3, 0.4) is 0 Å². The van der Waals surface area contributed by atoms with Crippen LogP contribution in [0.1, 0.15) is 44.2 Å². The third-order valence-corrected chi connectivity index (χ3v) is 5.73. The number of nitrogens with one attached hydrogen (secondary N) is 1. The van der Waals surface area contributed by atoms with Gasteiger partial charge in [0.25, 0.3) is 0 Å². The highest BCUT2D eigenvalue weighted by molar-refractivity contribution is 5.74. The molecule has 3 rings (SSSR count). The molecular formula is C21H33N3O. The molecule has 2 unspecified atom stereocenters. The van der Waals surface area contributed by atoms with Gasteiger partial charge in [0.1, 0.15) is 0 Å². The molecule has 2 aliphatic heterocycles. The topological polar surface area (TPSA) is 35.6 Å². The van der Waals surface area contributed by atoms with E-state index in [0.29, 0.717) is 17.9 Å². The Hall–Kier alpha value is -1.55. The summed E-state index contributed by atoms with van der Waals surface area (Å²) in [5.41, 5.74) is 2.78. The van der Waals surface area contributed by atoms with Crippen molar-refractivity contribution in [2.24, 2.45) is 11.8 Å². The maximum Gasteiger partial charge on any atom is 0.317 e. The Kier molecular flexibility index (Phi) is 6.00. The van der Waals surface area contributed by atoms with Gasteiger partial charge in [0.2, 0.25) is 0 Å². The zero-order valence-electron chi connectivity index (χ0n) is 16.0. The molecule has 1 N–H and O–H groups in total. The van der Waals surface area contributed by atoms with Gasteiger partial charge in [-0.1, -0.05) is 38.1 Å². The van der Waals surface area contributed by atoms with E-state index in [1.54, 1.807) is 0 Å². The number of nitrogens with zero attached hydrogens (tertiary/aromatic N) is 2. The summed E-state index contributed by atoms with van der Waals surface area (Å²) in [7, 11) is 0. The van der Waals surface area contributed by atoms with Crippen LogP contribution in [0.15, 0.2) is 24.3 Å². The molecule has 0 spiro atoms. The highest BCUT2D eigenvalue weighted by atomic mass is 16.2. The maximum absolute atomic E-state index is 12.6. The van der Waals surface area contributed by atoms with Crippen molar-refractivity contribution in [1.29, 1.82) is 0 Å². The van der Waals surface area contributed by atoms with Gasteiger partial charge in [0, 0.05) is 38.8 Å². The van der Waals surface area contributed by atoms with Gasteiger partial charge in [-0.15, -0.1) is 0 Å². The average Bonchev–Trinajstić information content (AvgIpc) is 2.58. The summed E-state index contributed by atoms with van der Waals surface area (Å²) in [5, 5.41) is 3.29. The Morgan fingerprint density at radius 1 is 1.12 bits per heavy atom. The molecule has 0 aromatic heterocycles. The Morgan fingerprint density at radius 2 is 1.76 bits per heavy atom. The predicted molar refractivity (Wildman–Crippen MR) is 103 cm³/mol. The third-order valence-electron chi connectivity index (χ3n) is 5.73. The van der Waals surface area contributed by atoms with E-state index in [2.05, 4.69) is 55.3 Å². The van der Waals surface area contributed by atoms with Crippen molar-refractivity contribution in [3.8, 4) is 0 Å². The standard InChI is InChI=1S/C21H33N3O/c1-16-12-17(2)14-24(13-16)21(25)22-20-8-10-23(11-9-20)15-19-7-5-4-6-18(19)3/h4-7,16-17,20H,8-15H2,1-3H3,(H,22,25). The maximum atomic E-state index is 12.6. The molecule has 0 saturated carbocycles. The minimum Gasteiger partial charge on any atom is -0.335 e. The van der Waals surface area contributed by atoms with Gasteiger partial charge in [-0.2, -0.15) is 0 Å². The van der Waals surface area contributed by atoms with Crippen LogP contribution in [0, 0.1) is 18.8 Å². The van der Waals surface area contributed by atoms with E-state index >= 15 is 0 Å². The summed E-state index contributed by atoms with van der Waals surface area (Å²) >= 11 is 0. The molecule has 1 aromatic rings. The van der Waals surface area contributed by atoms with E-state index in [9.17, 15) is 4.79 Å². The quantitative estimate of drug-likeness (QED) is 0.909. The predicted octanol–water partition coefficient (Wildman–Crippen LogP) is 3.65. The van der Waals surface area contributed by atoms with E-state index in [1.807, 2.05) is 4.90 Å². The van der Waals surface area contributed by atoms with E-state index in [1.165, 1.54) is 17.5 Å². The molecule has 2 fully saturated rings. The minimum atomic E-state index is 0.149. The Bertz CT molecular complexity index is 570. The second kappa shape index (κ2) is 8.22. The number of carbonyl (C=O) groups is 1. The lowest BCUT2D eigenvalue weighted by molar-refractivity contribution is 0.135. The number of rotatable bonds is 3. The molecule has 25 heavy (non-hydrogen) atoms. The van der Waals surface area contributed by atoms with Gasteiger partial charge in [-0.05, 0) is 49.1 Å². The summed E-state index contributed by atoms with van der Waals surface area (Å²) in [6.45, 7) is 11.6. The Balaban J connectivity index is 1.44. The first-order chi connectivity index (χ1) is 12.0. The smallest absolute Gasteiger partial charge is 0.317 e. The summed E-state index contributed by atoms with van der Waals surface area (Å²) in [4.78, 5) is 17.1. The number of benzene rings is 1. The number of piperidine rings is 2. The number of carbonyl (C=O) groups excluding carboxylic acids is 1. The molecule has 0 bridgehead atoms. The lowest BCUT2D eigenvalue weighted by atomic mass is 9.92. The minimum absolute atomic E-state index is 0.149. The highest BCUT2D eigenvalue weighted by Crippen LogP contribution is 2.21. The average molecular weight is 344 g/mol. The first kappa shape index (κ1) is 18.2. The van der Waals surface area contributed by atoms with Gasteiger partial charge in [0.05, 0.1) is 0 Å². The van der Waals surface area contributed by atoms with Crippen molar-refractivity contribution in [3.63, 3.8) is 0 Å². The fourth-order valence-electron chi connectivity index (χ4n) is 4.36. The van der Waals surface area contributed by atoms with E-state index in [-0.39, 0.29) is 6.03 Å². The van der Waals surface area contributed by atoms with Crippen LogP contribution in [-0.2, 0) is 6.54 Å². The molecule has 4 nitrogen and oxygen atoms in total. The highest BCUT2D eigenvalue weighted by Gasteiger charge is 2.28. The first-order valence-electron chi connectivity index (χ1n) is 9.83. The molecule has 1 aromatic carbocycles. The molecule has 0 radical (unpaired) electrons. The fraction of sp³-hybridized carbons (Fsp3) is 0.667. The van der Waals surface area contributed by atoms with E-state index < -0.39 is 0 Å². The van der Waals surface area contributed by atoms with Crippen molar-refractivity contribution in [1.82, 2.24) is 15.1 Å². The lowest BCUT2D eigenvalue weighted by Gasteiger charge is -2.37. The van der Waals surface area contributed by atoms with Crippen molar-refractivity contribution < 1.29 is 4.79 Å². The van der Waals surface area contributed by atoms with Gasteiger partial charge in [0.15, 0.2) is 0 Å². The van der Waals surface area contributed by atoms with Crippen LogP contribution in [0.5, 0.6) is 0 Å². The zero-order valence-corrected chi connectivity index (χ0v) is 16.0. The van der Waals surface area contributed by atoms with Crippen LogP contribution < -0.4 is 5.32 Å². The monoisotopic (exact) mass is 343 g/mol. The van der Waals surface area contributed by atoms with Crippen LogP contribution in [0.2, 0.25) is 0 Å². The van der Waals surface area contributed by atoms with Crippen molar-refractivity contribution in [3.05, 3.63) is 35.4 Å². The second-order valence-corrected chi connectivity index (χ2v) is 8.28. The second-order valence-electron chi connectivity index (χ2n) is 8.28. The van der Waals surface area contributed by atoms with Crippen molar-refractivity contribution in [2.45, 2.75) is 52.6 Å². The number of aryl methyl sites for hydroxylation is 1. The molecule has 4 heteroatoms. The Labute approximate surface area is 152 Å². The number of amides is 2. The molecule has 2 amide bonds. The van der Waals surface area contributed by atoms with Gasteiger partial charge >= 0.3 is 6.03 Å². The van der Waals surface area contributed by atoms with Crippen molar-refractivity contribution in [2.75, 3.05) is 26.2 Å². The summed E-state index contributed by atoms with van der Waals surface area (Å²) < 4.78 is 0. The third kappa shape index (κ3) is 4.97. The van der Waals surface area contributed by atoms with Crippen LogP contribution in [0.4, 0.5) is 4.79 Å². The molecule has 2 atom stereocenters. The largest absolute Gasteiger partial charge is 0.335 e. The zero-order chi connectivity index (χ0) is 17.8. The van der Waals surface area contributed by atoms with Crippen LogP contribution in [-0.4, -0.2) is 48.1 Å². The number of hydrogen-bond acceptors (Lipinski definition) is 2. The van der Waals surface area contributed by atoms with E-state index in [0.717, 1.165) is 45.6 Å². The van der Waals surface area contributed by atoms with Gasteiger partial charge in [-0.25, -0.2) is 4.79 Å². The van der Waals surface area contributed by atoms with Crippen LogP contribution >= 0.6 is 0 Å². The lowest BCUT2D eigenvalue weighted by Crippen LogP contribution is -2.52. The van der Waals surface area contributed by atoms with E-state index in [4.69, 9.17) is 0 Å². The summed E-state index contributed by atoms with van der Waals surface area (Å²) in [6, 6.07) is 9.10. The Morgan fingerprint density at radius 3 is 2.40 bits per heavy atom. The molecular weight excluding hydrogens is 310 g/mol. The van der Waals surface area contributed by atoms with Crippen molar-refractivity contribution >= 4 is 6.03 Å². The summed E-state index contributed by atoms with van der Waals surface area (Å²) in [6.07, 6.45) is 3.34. The number of hydrogen-bond donors (Lipinski definition) is 1. The molecule has 2 heterocycles. The SMILES string of the molecule is Cc1ccccc1CN1CCC(NC(=O)N2CC(C)CC(C)C2)CC1. The molecule has 2 saturated heterocycles. The molecule has 0 aliphatic carbocycles.